The maximum absolute atomic E-state index is 6.48. The van der Waals surface area contributed by atoms with Gasteiger partial charge in [0.1, 0.15) is 54.3 Å². The van der Waals surface area contributed by atoms with Crippen molar-refractivity contribution in [3.63, 3.8) is 0 Å². The molecule has 3 heterocycles. The van der Waals surface area contributed by atoms with Gasteiger partial charge >= 0.3 is 0 Å². The molecule has 3 fully saturated rings. The van der Waals surface area contributed by atoms with Gasteiger partial charge in [-0.3, -0.25) is 0 Å². The molecule has 3 aliphatic heterocycles. The van der Waals surface area contributed by atoms with Gasteiger partial charge in [0.15, 0.2) is 33.6 Å². The van der Waals surface area contributed by atoms with Crippen molar-refractivity contribution in [2.75, 3.05) is 19.8 Å². The second-order valence-corrected chi connectivity index (χ2v) is 26.2. The van der Waals surface area contributed by atoms with E-state index in [-0.39, 0.29) is 18.9 Å². The van der Waals surface area contributed by atoms with Crippen molar-refractivity contribution >= 4 is 146 Å². The zero-order valence-corrected chi connectivity index (χ0v) is 51.8. The predicted molar refractivity (Wildman–Crippen MR) is 323 cm³/mol. The highest BCUT2D eigenvalue weighted by atomic mass is 127. The average Bonchev–Trinajstić information content (AvgIpc) is 3.37. The summed E-state index contributed by atoms with van der Waals surface area (Å²) in [4.78, 5) is 3.45. The highest BCUT2D eigenvalue weighted by molar-refractivity contribution is 14.1. The fraction of sp³-hybridized carbons (Fsp3) is 0.333. The summed E-state index contributed by atoms with van der Waals surface area (Å²) in [5.41, 5.74) is 2.99. The Hall–Kier alpha value is -1.27. The van der Waals surface area contributed by atoms with E-state index >= 15 is 0 Å². The van der Waals surface area contributed by atoms with Gasteiger partial charge in [-0.1, -0.05) is 0 Å². The molecule has 6 aromatic rings. The van der Waals surface area contributed by atoms with Gasteiger partial charge in [-0.15, -0.1) is 0 Å². The van der Waals surface area contributed by atoms with Crippen LogP contribution < -0.4 is 28.4 Å². The first-order valence-electron chi connectivity index (χ1n) is 23.3. The summed E-state index contributed by atoms with van der Waals surface area (Å²) in [7, 11) is -0.476. The smallest absolute Gasteiger partial charge is 0.199 e. The lowest BCUT2D eigenvalue weighted by Crippen LogP contribution is -2.26. The van der Waals surface area contributed by atoms with Crippen LogP contribution in [0.15, 0.2) is 124 Å². The second-order valence-electron chi connectivity index (χ2n) is 17.0. The van der Waals surface area contributed by atoms with Crippen molar-refractivity contribution in [1.82, 2.24) is 0 Å². The van der Waals surface area contributed by atoms with Crippen molar-refractivity contribution < 1.29 is 42.6 Å². The summed E-state index contributed by atoms with van der Waals surface area (Å²) in [5, 5.41) is 0. The minimum absolute atomic E-state index is 0.240. The zero-order valence-electron chi connectivity index (χ0n) is 38.1. The maximum atomic E-state index is 6.48. The minimum atomic E-state index is -0.476. The van der Waals surface area contributed by atoms with Crippen molar-refractivity contribution in [2.24, 2.45) is 0 Å². The molecule has 6 aromatic carbocycles. The van der Waals surface area contributed by atoms with Crippen LogP contribution in [-0.2, 0) is 44.9 Å². The number of rotatable bonds is 18. The Labute approximate surface area is 495 Å². The van der Waals surface area contributed by atoms with Crippen LogP contribution in [-0.4, -0.2) is 38.7 Å². The number of ether oxygens (including phenoxy) is 9. The van der Waals surface area contributed by atoms with E-state index in [0.29, 0.717) is 19.8 Å². The Balaban J connectivity index is 0.940. The molecule has 3 unspecified atom stereocenters. The third-order valence-corrected chi connectivity index (χ3v) is 18.3. The largest absolute Gasteiger partial charge is 0.489 e. The topological polar surface area (TPSA) is 83.1 Å². The van der Waals surface area contributed by atoms with E-state index in [9.17, 15) is 0 Å². The first kappa shape index (κ1) is 53.6. The molecule has 9 nitrogen and oxygen atoms in total. The third-order valence-electron chi connectivity index (χ3n) is 11.8. The van der Waals surface area contributed by atoms with E-state index in [1.807, 2.05) is 0 Å². The predicted octanol–water partition coefficient (Wildman–Crippen LogP) is 15.9. The van der Waals surface area contributed by atoms with Gasteiger partial charge in [-0.05, 0) is 283 Å². The standard InChI is InChI=1S/C54H51I6O9S/c55-37-25-34(52(46(58)28-37)67-49-7-1-4-22-61-49)31-64-40-10-16-43(17-11-40)70(44-18-12-41(13-19-44)65-32-35-26-38(56)29-47(59)53(35)68-50-8-2-5-23-62-50)45-20-14-42(15-21-45)66-33-36-27-39(57)30-48(60)54(36)69-51-9-3-6-24-63-51/h10-21,25-30,49-51H,1-9,22-24,31-33H2/q+1. The summed E-state index contributed by atoms with van der Waals surface area (Å²) in [6.45, 7) is 3.29. The van der Waals surface area contributed by atoms with E-state index in [2.05, 4.69) is 245 Å². The third kappa shape index (κ3) is 14.8. The van der Waals surface area contributed by atoms with Crippen LogP contribution in [0, 0.1) is 21.4 Å². The lowest BCUT2D eigenvalue weighted by molar-refractivity contribution is -0.107. The molecule has 0 spiro atoms. The fourth-order valence-corrected chi connectivity index (χ4v) is 16.6. The Kier molecular flexibility index (Phi) is 20.3. The normalized spacial score (nSPS) is 18.7. The van der Waals surface area contributed by atoms with Gasteiger partial charge in [0.05, 0.1) is 41.4 Å². The SMILES string of the molecule is Ic1cc(I)c(OC2CCCCO2)c(COc2ccc([S+](c3ccc(OCc4cc(I)cc(I)c4OC4CCCCO4)cc3)c3ccc(OCc4cc(I)cc(I)c4OC4CCCCO4)cc3)cc2)c1. The van der Waals surface area contributed by atoms with Crippen LogP contribution in [0.1, 0.15) is 74.5 Å². The Bertz CT molecular complexity index is 2380. The van der Waals surface area contributed by atoms with Crippen LogP contribution in [0.4, 0.5) is 0 Å². The van der Waals surface area contributed by atoms with Crippen molar-refractivity contribution in [3.8, 4) is 34.5 Å². The van der Waals surface area contributed by atoms with Crippen LogP contribution >= 0.6 is 136 Å². The first-order chi connectivity index (χ1) is 34.1. The van der Waals surface area contributed by atoms with Crippen molar-refractivity contribution in [2.45, 2.75) is 111 Å². The van der Waals surface area contributed by atoms with Gasteiger partial charge in [-0.2, -0.15) is 0 Å². The molecule has 3 atom stereocenters. The van der Waals surface area contributed by atoms with Crippen LogP contribution in [0.25, 0.3) is 0 Å². The molecule has 0 radical (unpaired) electrons. The molecule has 0 amide bonds. The van der Waals surface area contributed by atoms with E-state index < -0.39 is 10.9 Å². The molecule has 0 N–H and O–H groups in total. The average molecular weight is 1640 g/mol. The summed E-state index contributed by atoms with van der Waals surface area (Å²) >= 11 is 14.1. The van der Waals surface area contributed by atoms with E-state index in [1.165, 1.54) is 0 Å². The highest BCUT2D eigenvalue weighted by Crippen LogP contribution is 2.38. The molecule has 16 heteroatoms. The monoisotopic (exact) mass is 1640 g/mol. The Morgan fingerprint density at radius 1 is 0.386 bits per heavy atom. The van der Waals surface area contributed by atoms with Crippen LogP contribution in [0.5, 0.6) is 34.5 Å². The lowest BCUT2D eigenvalue weighted by Gasteiger charge is -2.25. The van der Waals surface area contributed by atoms with E-state index in [4.69, 9.17) is 42.6 Å². The molecular formula is C54H51I6O9S+. The lowest BCUT2D eigenvalue weighted by atomic mass is 10.2. The Morgan fingerprint density at radius 2 is 0.671 bits per heavy atom. The zero-order chi connectivity index (χ0) is 48.4. The molecular weight excluding hydrogens is 1590 g/mol. The quantitative estimate of drug-likeness (QED) is 0.0617. The van der Waals surface area contributed by atoms with Gasteiger partial charge in [-0.25, -0.2) is 0 Å². The number of hydrogen-bond donors (Lipinski definition) is 0. The van der Waals surface area contributed by atoms with Crippen LogP contribution in [0.2, 0.25) is 0 Å². The fourth-order valence-electron chi connectivity index (χ4n) is 8.27. The molecule has 0 saturated carbocycles. The molecule has 3 saturated heterocycles. The molecule has 0 aromatic heterocycles. The van der Waals surface area contributed by atoms with Gasteiger partial charge in [0, 0.05) is 46.7 Å². The molecule has 0 aliphatic carbocycles. The van der Waals surface area contributed by atoms with E-state index in [1.54, 1.807) is 0 Å². The summed E-state index contributed by atoms with van der Waals surface area (Å²) in [6.07, 6.45) is 8.44. The summed E-state index contributed by atoms with van der Waals surface area (Å²) in [5.74, 6) is 4.83. The van der Waals surface area contributed by atoms with Gasteiger partial charge in [0.25, 0.3) is 0 Å². The molecule has 9 rings (SSSR count). The molecule has 368 valence electrons. The maximum Gasteiger partial charge on any atom is 0.199 e. The van der Waals surface area contributed by atoms with Crippen LogP contribution in [0.3, 0.4) is 0 Å². The highest BCUT2D eigenvalue weighted by Gasteiger charge is 2.30. The summed E-state index contributed by atoms with van der Waals surface area (Å²) < 4.78 is 63.1. The Morgan fingerprint density at radius 3 is 0.929 bits per heavy atom. The number of hydrogen-bond acceptors (Lipinski definition) is 9. The molecule has 70 heavy (non-hydrogen) atoms. The van der Waals surface area contributed by atoms with Gasteiger partial charge < -0.3 is 42.6 Å². The first-order valence-corrected chi connectivity index (χ1v) is 31.0. The number of halogens is 6. The second kappa shape index (κ2) is 26.5. The summed E-state index contributed by atoms with van der Waals surface area (Å²) in [6, 6.07) is 38.2. The van der Waals surface area contributed by atoms with Crippen molar-refractivity contribution in [3.05, 3.63) is 147 Å². The number of benzene rings is 6. The molecule has 0 bridgehead atoms. The van der Waals surface area contributed by atoms with Gasteiger partial charge in [0.2, 0.25) is 0 Å². The van der Waals surface area contributed by atoms with E-state index in [0.717, 1.165) is 165 Å². The minimum Gasteiger partial charge on any atom is -0.489 e. The van der Waals surface area contributed by atoms with Crippen molar-refractivity contribution in [1.29, 1.82) is 0 Å². The molecule has 3 aliphatic rings.